The van der Waals surface area contributed by atoms with Gasteiger partial charge in [-0.25, -0.2) is 4.99 Å². The lowest BCUT2D eigenvalue weighted by Gasteiger charge is -2.15. The van der Waals surface area contributed by atoms with Crippen molar-refractivity contribution in [2.45, 2.75) is 46.3 Å². The first kappa shape index (κ1) is 15.7. The van der Waals surface area contributed by atoms with Crippen molar-refractivity contribution < 1.29 is 4.74 Å². The first-order valence-corrected chi connectivity index (χ1v) is 7.86. The number of ether oxygens (including phenoxy) is 1. The van der Waals surface area contributed by atoms with Gasteiger partial charge in [-0.3, -0.25) is 0 Å². The van der Waals surface area contributed by atoms with E-state index >= 15 is 0 Å². The van der Waals surface area contributed by atoms with Gasteiger partial charge in [0.2, 0.25) is 0 Å². The lowest BCUT2D eigenvalue weighted by atomic mass is 10.2. The fourth-order valence-electron chi connectivity index (χ4n) is 2.13. The van der Waals surface area contributed by atoms with E-state index in [1.807, 2.05) is 19.1 Å². The van der Waals surface area contributed by atoms with Crippen molar-refractivity contribution in [1.29, 1.82) is 0 Å². The van der Waals surface area contributed by atoms with Gasteiger partial charge in [0.25, 0.3) is 0 Å². The molecule has 1 aliphatic carbocycles. The maximum Gasteiger partial charge on any atom is 0.191 e. The van der Waals surface area contributed by atoms with Crippen molar-refractivity contribution in [1.82, 2.24) is 10.6 Å². The van der Waals surface area contributed by atoms with Crippen LogP contribution in [0.1, 0.15) is 32.8 Å². The van der Waals surface area contributed by atoms with E-state index in [9.17, 15) is 0 Å². The Morgan fingerprint density at radius 1 is 1.38 bits per heavy atom. The molecule has 0 heterocycles. The minimum Gasteiger partial charge on any atom is -0.489 e. The highest BCUT2D eigenvalue weighted by Crippen LogP contribution is 2.28. The Hall–Kier alpha value is -1.71. The normalized spacial score (nSPS) is 22.6. The zero-order valence-corrected chi connectivity index (χ0v) is 13.5. The molecule has 0 radical (unpaired) electrons. The molecule has 1 aliphatic rings. The third-order valence-corrected chi connectivity index (χ3v) is 3.64. The Kier molecular flexibility index (Phi) is 5.48. The van der Waals surface area contributed by atoms with Gasteiger partial charge < -0.3 is 15.4 Å². The van der Waals surface area contributed by atoms with Gasteiger partial charge in [0.1, 0.15) is 11.9 Å². The minimum atomic E-state index is 0.0554. The Morgan fingerprint density at radius 2 is 2.05 bits per heavy atom. The Balaban J connectivity index is 1.82. The second-order valence-corrected chi connectivity index (χ2v) is 5.92. The van der Waals surface area contributed by atoms with Crippen molar-refractivity contribution in [3.63, 3.8) is 0 Å². The van der Waals surface area contributed by atoms with Gasteiger partial charge in [-0.15, -0.1) is 0 Å². The molecule has 1 aromatic carbocycles. The SMILES string of the molecule is CCNC(=NCC(C)Oc1ccc(C)cc1)NC1CC1C. The largest absolute Gasteiger partial charge is 0.489 e. The maximum atomic E-state index is 5.88. The molecule has 2 N–H and O–H groups in total. The molecule has 116 valence electrons. The Morgan fingerprint density at radius 3 is 2.62 bits per heavy atom. The number of hydrogen-bond acceptors (Lipinski definition) is 2. The summed E-state index contributed by atoms with van der Waals surface area (Å²) >= 11 is 0. The summed E-state index contributed by atoms with van der Waals surface area (Å²) in [6.07, 6.45) is 1.29. The van der Waals surface area contributed by atoms with Crippen LogP contribution < -0.4 is 15.4 Å². The molecule has 1 saturated carbocycles. The third-order valence-electron chi connectivity index (χ3n) is 3.64. The van der Waals surface area contributed by atoms with Gasteiger partial charge in [-0.2, -0.15) is 0 Å². The minimum absolute atomic E-state index is 0.0554. The van der Waals surface area contributed by atoms with Crippen molar-refractivity contribution in [3.05, 3.63) is 29.8 Å². The van der Waals surface area contributed by atoms with Gasteiger partial charge >= 0.3 is 0 Å². The van der Waals surface area contributed by atoms with Crippen LogP contribution in [-0.4, -0.2) is 31.2 Å². The summed E-state index contributed by atoms with van der Waals surface area (Å²) in [5, 5.41) is 6.74. The molecule has 0 aromatic heterocycles. The van der Waals surface area contributed by atoms with E-state index in [1.54, 1.807) is 0 Å². The fourth-order valence-corrected chi connectivity index (χ4v) is 2.13. The van der Waals surface area contributed by atoms with Crippen LogP contribution in [0.2, 0.25) is 0 Å². The molecular weight excluding hydrogens is 262 g/mol. The van der Waals surface area contributed by atoms with Crippen LogP contribution in [-0.2, 0) is 0 Å². The average molecular weight is 289 g/mol. The predicted molar refractivity (Wildman–Crippen MR) is 88.0 cm³/mol. The number of rotatable bonds is 6. The molecule has 1 fully saturated rings. The zero-order valence-electron chi connectivity index (χ0n) is 13.5. The van der Waals surface area contributed by atoms with Gasteiger partial charge in [0.15, 0.2) is 5.96 Å². The van der Waals surface area contributed by atoms with Crippen LogP contribution in [0, 0.1) is 12.8 Å². The molecule has 3 atom stereocenters. The highest BCUT2D eigenvalue weighted by Gasteiger charge is 2.33. The number of guanidine groups is 1. The smallest absolute Gasteiger partial charge is 0.191 e. The predicted octanol–water partition coefficient (Wildman–Crippen LogP) is 2.73. The van der Waals surface area contributed by atoms with Gasteiger partial charge in [-0.1, -0.05) is 24.6 Å². The van der Waals surface area contributed by atoms with Crippen molar-refractivity contribution in [3.8, 4) is 5.75 Å². The molecule has 0 bridgehead atoms. The van der Waals surface area contributed by atoms with Gasteiger partial charge in [0, 0.05) is 12.6 Å². The van der Waals surface area contributed by atoms with Crippen LogP contribution in [0.25, 0.3) is 0 Å². The van der Waals surface area contributed by atoms with Crippen LogP contribution in [0.3, 0.4) is 0 Å². The highest BCUT2D eigenvalue weighted by atomic mass is 16.5. The van der Waals surface area contributed by atoms with Gasteiger partial charge in [-0.05, 0) is 45.2 Å². The zero-order chi connectivity index (χ0) is 15.2. The molecular formula is C17H27N3O. The first-order valence-electron chi connectivity index (χ1n) is 7.86. The van der Waals surface area contributed by atoms with Crippen molar-refractivity contribution >= 4 is 5.96 Å². The highest BCUT2D eigenvalue weighted by molar-refractivity contribution is 5.80. The van der Waals surface area contributed by atoms with Crippen LogP contribution in [0.5, 0.6) is 5.75 Å². The second-order valence-electron chi connectivity index (χ2n) is 5.92. The molecule has 21 heavy (non-hydrogen) atoms. The fraction of sp³-hybridized carbons (Fsp3) is 0.588. The van der Waals surface area contributed by atoms with Crippen molar-refractivity contribution in [2.24, 2.45) is 10.9 Å². The van der Waals surface area contributed by atoms with E-state index in [0.717, 1.165) is 24.2 Å². The summed E-state index contributed by atoms with van der Waals surface area (Å²) in [4.78, 5) is 4.61. The van der Waals surface area contributed by atoms with E-state index < -0.39 is 0 Å². The summed E-state index contributed by atoms with van der Waals surface area (Å²) in [5.41, 5.74) is 1.24. The maximum absolute atomic E-state index is 5.88. The summed E-state index contributed by atoms with van der Waals surface area (Å²) in [7, 11) is 0. The number of nitrogens with one attached hydrogen (secondary N) is 2. The monoisotopic (exact) mass is 289 g/mol. The Labute approximate surface area is 128 Å². The van der Waals surface area contributed by atoms with Crippen LogP contribution in [0.4, 0.5) is 0 Å². The second kappa shape index (κ2) is 7.34. The quantitative estimate of drug-likeness (QED) is 0.625. The topological polar surface area (TPSA) is 45.7 Å². The van der Waals surface area contributed by atoms with E-state index in [4.69, 9.17) is 4.74 Å². The first-order chi connectivity index (χ1) is 10.1. The summed E-state index contributed by atoms with van der Waals surface area (Å²) in [6, 6.07) is 8.71. The lowest BCUT2D eigenvalue weighted by molar-refractivity contribution is 0.230. The molecule has 1 aromatic rings. The third kappa shape index (κ3) is 5.29. The molecule has 2 rings (SSSR count). The van der Waals surface area contributed by atoms with E-state index in [0.29, 0.717) is 12.6 Å². The molecule has 3 unspecified atom stereocenters. The molecule has 0 amide bonds. The standard InChI is InChI=1S/C17H27N3O/c1-5-18-17(20-16-10-13(16)3)19-11-14(4)21-15-8-6-12(2)7-9-15/h6-9,13-14,16H,5,10-11H2,1-4H3,(H2,18,19,20). The van der Waals surface area contributed by atoms with Crippen molar-refractivity contribution in [2.75, 3.05) is 13.1 Å². The summed E-state index contributed by atoms with van der Waals surface area (Å²) in [6.45, 7) is 9.98. The Bertz CT molecular complexity index is 469. The molecule has 0 spiro atoms. The molecule has 0 aliphatic heterocycles. The van der Waals surface area contributed by atoms with E-state index in [-0.39, 0.29) is 6.10 Å². The summed E-state index contributed by atoms with van der Waals surface area (Å²) in [5.74, 6) is 2.55. The number of benzene rings is 1. The van der Waals surface area contributed by atoms with E-state index in [1.165, 1.54) is 12.0 Å². The number of aryl methyl sites for hydroxylation is 1. The van der Waals surface area contributed by atoms with E-state index in [2.05, 4.69) is 48.5 Å². The number of aliphatic imine (C=N–C) groups is 1. The summed E-state index contributed by atoms with van der Waals surface area (Å²) < 4.78 is 5.88. The molecule has 4 heteroatoms. The average Bonchev–Trinajstić information content (AvgIpc) is 3.14. The van der Waals surface area contributed by atoms with Crippen LogP contribution in [0.15, 0.2) is 29.3 Å². The number of nitrogens with zero attached hydrogens (tertiary/aromatic N) is 1. The lowest BCUT2D eigenvalue weighted by Crippen LogP contribution is -2.39. The van der Waals surface area contributed by atoms with Crippen LogP contribution >= 0.6 is 0 Å². The molecule has 0 saturated heterocycles. The molecule has 4 nitrogen and oxygen atoms in total. The van der Waals surface area contributed by atoms with Gasteiger partial charge in [0.05, 0.1) is 6.54 Å². The number of hydrogen-bond donors (Lipinski definition) is 2.